The molecule has 2 heterocycles. The van der Waals surface area contributed by atoms with E-state index in [0.29, 0.717) is 11.4 Å². The van der Waals surface area contributed by atoms with Gasteiger partial charge in [-0.25, -0.2) is 4.68 Å². The van der Waals surface area contributed by atoms with Gasteiger partial charge in [0, 0.05) is 25.0 Å². The summed E-state index contributed by atoms with van der Waals surface area (Å²) >= 11 is 0. The minimum atomic E-state index is 0.320. The van der Waals surface area contributed by atoms with Crippen molar-refractivity contribution in [3.8, 4) is 17.3 Å². The minimum absolute atomic E-state index is 0.320. The third-order valence-corrected chi connectivity index (χ3v) is 1.87. The largest absolute Gasteiger partial charge is 0.264 e. The molecule has 0 atom stereocenters. The maximum absolute atomic E-state index is 8.81. The third-order valence-electron chi connectivity index (χ3n) is 1.87. The van der Waals surface area contributed by atoms with Gasteiger partial charge in [-0.3, -0.25) is 4.98 Å². The van der Waals surface area contributed by atoms with Crippen LogP contribution in [0, 0.1) is 11.3 Å². The predicted molar refractivity (Wildman–Crippen MR) is 48.9 cm³/mol. The Morgan fingerprint density at radius 2 is 2.36 bits per heavy atom. The second kappa shape index (κ2) is 3.26. The third kappa shape index (κ3) is 1.23. The molecule has 68 valence electrons. The number of nitrogens with zero attached hydrogens (tertiary/aromatic N) is 5. The van der Waals surface area contributed by atoms with Crippen LogP contribution in [-0.2, 0) is 7.05 Å². The highest BCUT2D eigenvalue weighted by Gasteiger charge is 2.11. The topological polar surface area (TPSA) is 67.4 Å². The first-order valence-electron chi connectivity index (χ1n) is 4.03. The normalized spacial score (nSPS) is 9.71. The number of hydrogen-bond donors (Lipinski definition) is 0. The zero-order chi connectivity index (χ0) is 9.97. The summed E-state index contributed by atoms with van der Waals surface area (Å²) in [6.07, 6.45) is 3.36. The summed E-state index contributed by atoms with van der Waals surface area (Å²) in [6, 6.07) is 5.67. The van der Waals surface area contributed by atoms with Crippen molar-refractivity contribution in [2.45, 2.75) is 0 Å². The summed E-state index contributed by atoms with van der Waals surface area (Å²) < 4.78 is 1.57. The highest BCUT2D eigenvalue weighted by atomic mass is 15.4. The fourth-order valence-corrected chi connectivity index (χ4v) is 1.26. The molecule has 0 aliphatic carbocycles. The quantitative estimate of drug-likeness (QED) is 0.657. The predicted octanol–water partition coefficient (Wildman–Crippen LogP) is 0.749. The van der Waals surface area contributed by atoms with Gasteiger partial charge in [-0.15, -0.1) is 5.10 Å². The second-order valence-electron chi connectivity index (χ2n) is 2.76. The molecule has 0 bridgehead atoms. The number of pyridine rings is 1. The molecule has 0 N–H and O–H groups in total. The van der Waals surface area contributed by atoms with Crippen LogP contribution in [0.5, 0.6) is 0 Å². The summed E-state index contributed by atoms with van der Waals surface area (Å²) in [4.78, 5) is 3.98. The SMILES string of the molecule is Cn1nnc(C#N)c1-c1cccnc1. The Morgan fingerprint density at radius 1 is 1.50 bits per heavy atom. The Labute approximate surface area is 80.6 Å². The summed E-state index contributed by atoms with van der Waals surface area (Å²) in [5.74, 6) is 0. The molecule has 2 aromatic rings. The molecule has 0 spiro atoms. The number of hydrogen-bond acceptors (Lipinski definition) is 4. The van der Waals surface area contributed by atoms with Crippen molar-refractivity contribution in [3.63, 3.8) is 0 Å². The molecule has 14 heavy (non-hydrogen) atoms. The maximum atomic E-state index is 8.81. The summed E-state index contributed by atoms with van der Waals surface area (Å²) in [7, 11) is 1.75. The molecule has 5 nitrogen and oxygen atoms in total. The van der Waals surface area contributed by atoms with E-state index in [0.717, 1.165) is 5.56 Å². The molecule has 0 saturated carbocycles. The van der Waals surface area contributed by atoms with Crippen LogP contribution in [0.1, 0.15) is 5.69 Å². The number of rotatable bonds is 1. The minimum Gasteiger partial charge on any atom is -0.264 e. The zero-order valence-corrected chi connectivity index (χ0v) is 7.55. The first kappa shape index (κ1) is 8.38. The second-order valence-corrected chi connectivity index (χ2v) is 2.76. The Bertz CT molecular complexity index is 480. The molecule has 0 aromatic carbocycles. The molecule has 0 fully saturated rings. The van der Waals surface area contributed by atoms with Crippen LogP contribution < -0.4 is 0 Å². The van der Waals surface area contributed by atoms with Gasteiger partial charge in [0.15, 0.2) is 5.69 Å². The molecular weight excluding hydrogens is 178 g/mol. The first-order valence-corrected chi connectivity index (χ1v) is 4.03. The highest BCUT2D eigenvalue weighted by Crippen LogP contribution is 2.18. The lowest BCUT2D eigenvalue weighted by atomic mass is 10.2. The van der Waals surface area contributed by atoms with Crippen molar-refractivity contribution in [2.24, 2.45) is 7.05 Å². The van der Waals surface area contributed by atoms with Gasteiger partial charge in [0.1, 0.15) is 11.8 Å². The monoisotopic (exact) mass is 185 g/mol. The Hall–Kier alpha value is -2.22. The Balaban J connectivity index is 2.63. The van der Waals surface area contributed by atoms with Crippen LogP contribution in [0.25, 0.3) is 11.3 Å². The molecule has 0 aliphatic heterocycles. The lowest BCUT2D eigenvalue weighted by molar-refractivity contribution is 0.720. The lowest BCUT2D eigenvalue weighted by Crippen LogP contribution is -1.94. The molecule has 0 radical (unpaired) electrons. The van der Waals surface area contributed by atoms with Crippen LogP contribution in [0.15, 0.2) is 24.5 Å². The van der Waals surface area contributed by atoms with Gasteiger partial charge in [0.25, 0.3) is 0 Å². The molecule has 2 rings (SSSR count). The smallest absolute Gasteiger partial charge is 0.190 e. The van der Waals surface area contributed by atoms with Crippen LogP contribution in [0.2, 0.25) is 0 Å². The van der Waals surface area contributed by atoms with Crippen molar-refractivity contribution in [2.75, 3.05) is 0 Å². The van der Waals surface area contributed by atoms with E-state index in [2.05, 4.69) is 15.3 Å². The average molecular weight is 185 g/mol. The zero-order valence-electron chi connectivity index (χ0n) is 7.55. The van der Waals surface area contributed by atoms with E-state index in [9.17, 15) is 0 Å². The average Bonchev–Trinajstić information content (AvgIpc) is 2.61. The molecule has 0 saturated heterocycles. The van der Waals surface area contributed by atoms with Gasteiger partial charge in [-0.05, 0) is 12.1 Å². The van der Waals surface area contributed by atoms with E-state index < -0.39 is 0 Å². The van der Waals surface area contributed by atoms with Crippen LogP contribution >= 0.6 is 0 Å². The van der Waals surface area contributed by atoms with Gasteiger partial charge in [0.05, 0.1) is 0 Å². The lowest BCUT2D eigenvalue weighted by Gasteiger charge is -1.99. The number of nitriles is 1. The van der Waals surface area contributed by atoms with E-state index in [1.165, 1.54) is 0 Å². The van der Waals surface area contributed by atoms with E-state index in [4.69, 9.17) is 5.26 Å². The van der Waals surface area contributed by atoms with Gasteiger partial charge in [0.2, 0.25) is 0 Å². The molecule has 0 unspecified atom stereocenters. The summed E-state index contributed by atoms with van der Waals surface area (Å²) in [5, 5.41) is 16.3. The van der Waals surface area contributed by atoms with Crippen molar-refractivity contribution in [3.05, 3.63) is 30.2 Å². The van der Waals surface area contributed by atoms with Crippen molar-refractivity contribution in [1.82, 2.24) is 20.0 Å². The van der Waals surface area contributed by atoms with Crippen molar-refractivity contribution >= 4 is 0 Å². The summed E-state index contributed by atoms with van der Waals surface area (Å²) in [5.41, 5.74) is 1.86. The van der Waals surface area contributed by atoms with Gasteiger partial charge in [-0.2, -0.15) is 5.26 Å². The molecule has 5 heteroatoms. The number of aryl methyl sites for hydroxylation is 1. The fraction of sp³-hybridized carbons (Fsp3) is 0.111. The first-order chi connectivity index (χ1) is 6.83. The van der Waals surface area contributed by atoms with Crippen molar-refractivity contribution < 1.29 is 0 Å². The van der Waals surface area contributed by atoms with E-state index in [1.807, 2.05) is 18.2 Å². The Kier molecular flexibility index (Phi) is 1.95. The van der Waals surface area contributed by atoms with Gasteiger partial charge in [-0.1, -0.05) is 5.21 Å². The Morgan fingerprint density at radius 3 is 3.00 bits per heavy atom. The van der Waals surface area contributed by atoms with Crippen LogP contribution in [-0.4, -0.2) is 20.0 Å². The molecule has 0 aliphatic rings. The van der Waals surface area contributed by atoms with Gasteiger partial charge < -0.3 is 0 Å². The number of aromatic nitrogens is 4. The van der Waals surface area contributed by atoms with E-state index >= 15 is 0 Å². The fourth-order valence-electron chi connectivity index (χ4n) is 1.26. The summed E-state index contributed by atoms with van der Waals surface area (Å²) in [6.45, 7) is 0. The van der Waals surface area contributed by atoms with Crippen LogP contribution in [0.3, 0.4) is 0 Å². The van der Waals surface area contributed by atoms with E-state index in [-0.39, 0.29) is 0 Å². The standard InChI is InChI=1S/C9H7N5/c1-14-9(8(5-10)12-13-14)7-3-2-4-11-6-7/h2-4,6H,1H3. The van der Waals surface area contributed by atoms with Crippen molar-refractivity contribution in [1.29, 1.82) is 5.26 Å². The highest BCUT2D eigenvalue weighted by molar-refractivity contribution is 5.63. The van der Waals surface area contributed by atoms with Gasteiger partial charge >= 0.3 is 0 Å². The molecular formula is C9H7N5. The van der Waals surface area contributed by atoms with E-state index in [1.54, 1.807) is 24.1 Å². The molecule has 2 aromatic heterocycles. The maximum Gasteiger partial charge on any atom is 0.190 e. The van der Waals surface area contributed by atoms with Crippen LogP contribution in [0.4, 0.5) is 0 Å². The molecule has 0 amide bonds.